The maximum absolute atomic E-state index is 12.9. The molecular weight excluding hydrogens is 985 g/mol. The van der Waals surface area contributed by atoms with Crippen molar-refractivity contribution >= 4 is 17.9 Å². The number of rotatable bonds is 56. The first-order chi connectivity index (χ1) is 39.5. The standard InChI is InChI=1S/C74H116O6/c1-4-7-10-13-16-19-22-25-27-29-30-31-32-33-34-35-36-37-38-39-40-41-42-43-44-45-47-49-52-55-58-61-64-67-73(76)79-70-71(69-78-72(75)66-63-60-57-54-51-48-24-21-18-15-12-9-6-3)80-74(77)68-65-62-59-56-53-50-46-28-26-23-20-17-14-11-8-5-2/h7,9-10,12,16,18-19,21,25,27,30-31,33-34,36-37,39-40,42-43,45,47-48,51-52,55,57,60,71H,4-6,8,11,13-15,17,20,22-24,26,28-29,32,35,38,41,44,46,49-50,53-54,56,58-59,61-70H2,1-3H3/b10-7-,12-9-,19-16-,21-18-,27-25-,31-30-,34-33-,37-36-,40-39-,43-42-,47-45-,51-48-,55-52-,60-57-. The minimum absolute atomic E-state index is 0.128. The lowest BCUT2D eigenvalue weighted by Crippen LogP contribution is -2.30. The molecule has 80 heavy (non-hydrogen) atoms. The number of hydrogen-bond acceptors (Lipinski definition) is 6. The average Bonchev–Trinajstić information content (AvgIpc) is 3.46. The Balaban J connectivity index is 4.43. The zero-order valence-corrected chi connectivity index (χ0v) is 51.3. The van der Waals surface area contributed by atoms with Crippen molar-refractivity contribution in [2.24, 2.45) is 0 Å². The van der Waals surface area contributed by atoms with Crippen LogP contribution in [0.2, 0.25) is 0 Å². The van der Waals surface area contributed by atoms with Crippen molar-refractivity contribution in [3.63, 3.8) is 0 Å². The highest BCUT2D eigenvalue weighted by molar-refractivity contribution is 5.71. The first kappa shape index (κ1) is 74.8. The summed E-state index contributed by atoms with van der Waals surface area (Å²) in [7, 11) is 0. The van der Waals surface area contributed by atoms with Crippen LogP contribution >= 0.6 is 0 Å². The van der Waals surface area contributed by atoms with E-state index >= 15 is 0 Å². The van der Waals surface area contributed by atoms with Crippen molar-refractivity contribution in [2.45, 2.75) is 264 Å². The summed E-state index contributed by atoms with van der Waals surface area (Å²) < 4.78 is 16.8. The summed E-state index contributed by atoms with van der Waals surface area (Å²) in [5, 5.41) is 0. The molecule has 0 aliphatic rings. The van der Waals surface area contributed by atoms with E-state index in [1.807, 2.05) is 12.2 Å². The van der Waals surface area contributed by atoms with Gasteiger partial charge in [-0.3, -0.25) is 14.4 Å². The third-order valence-corrected chi connectivity index (χ3v) is 13.0. The number of esters is 3. The largest absolute Gasteiger partial charge is 0.462 e. The minimum atomic E-state index is -0.832. The van der Waals surface area contributed by atoms with Crippen molar-refractivity contribution in [2.75, 3.05) is 13.2 Å². The van der Waals surface area contributed by atoms with Crippen LogP contribution in [-0.4, -0.2) is 37.2 Å². The van der Waals surface area contributed by atoms with Crippen LogP contribution in [0.5, 0.6) is 0 Å². The fraction of sp³-hybridized carbons (Fsp3) is 0.581. The van der Waals surface area contributed by atoms with Gasteiger partial charge in [-0.25, -0.2) is 0 Å². The van der Waals surface area contributed by atoms with Gasteiger partial charge in [-0.2, -0.15) is 0 Å². The zero-order valence-electron chi connectivity index (χ0n) is 51.3. The Bertz CT molecular complexity index is 1840. The molecule has 0 aromatic rings. The molecule has 0 fully saturated rings. The number of ether oxygens (including phenoxy) is 3. The fourth-order valence-electron chi connectivity index (χ4n) is 8.25. The van der Waals surface area contributed by atoms with E-state index in [1.54, 1.807) is 0 Å². The molecule has 0 aliphatic carbocycles. The van der Waals surface area contributed by atoms with Gasteiger partial charge in [0.05, 0.1) is 0 Å². The SMILES string of the molecule is CC/C=C\C/C=C\C/C=C\C/C=C\C/C=C\C/C=C\C/C=C\C/C=C\C/C=C\C/C=C\CCCCC(=O)OCC(COC(=O)CC/C=C\C/C=C\C/C=C\C/C=C\CC)OC(=O)CCCCCCCCCCCCCCCCCC. The monoisotopic (exact) mass is 1100 g/mol. The number of hydrogen-bond donors (Lipinski definition) is 0. The quantitative estimate of drug-likeness (QED) is 0.0261. The summed E-state index contributed by atoms with van der Waals surface area (Å²) in [4.78, 5) is 38.2. The van der Waals surface area contributed by atoms with Gasteiger partial charge in [0.15, 0.2) is 6.10 Å². The lowest BCUT2D eigenvalue weighted by atomic mass is 10.0. The van der Waals surface area contributed by atoms with E-state index in [9.17, 15) is 14.4 Å². The Labute approximate surface area is 492 Å². The van der Waals surface area contributed by atoms with Crippen LogP contribution in [-0.2, 0) is 28.6 Å². The van der Waals surface area contributed by atoms with E-state index in [2.05, 4.69) is 179 Å². The third-order valence-electron chi connectivity index (χ3n) is 13.0. The number of unbranched alkanes of at least 4 members (excludes halogenated alkanes) is 17. The summed E-state index contributed by atoms with van der Waals surface area (Å²) in [6.07, 6.45) is 98.1. The molecule has 0 saturated carbocycles. The molecule has 0 aliphatic heterocycles. The van der Waals surface area contributed by atoms with Crippen LogP contribution in [0, 0.1) is 0 Å². The molecule has 6 nitrogen and oxygen atoms in total. The summed E-state index contributed by atoms with van der Waals surface area (Å²) >= 11 is 0. The maximum atomic E-state index is 12.9. The smallest absolute Gasteiger partial charge is 0.306 e. The lowest BCUT2D eigenvalue weighted by Gasteiger charge is -2.18. The van der Waals surface area contributed by atoms with Gasteiger partial charge < -0.3 is 14.2 Å². The highest BCUT2D eigenvalue weighted by Crippen LogP contribution is 2.15. The van der Waals surface area contributed by atoms with E-state index in [-0.39, 0.29) is 44.0 Å². The van der Waals surface area contributed by atoms with Gasteiger partial charge in [0.2, 0.25) is 0 Å². The number of carbonyl (C=O) groups is 3. The lowest BCUT2D eigenvalue weighted by molar-refractivity contribution is -0.166. The zero-order chi connectivity index (χ0) is 57.8. The highest BCUT2D eigenvalue weighted by Gasteiger charge is 2.19. The van der Waals surface area contributed by atoms with Crippen LogP contribution < -0.4 is 0 Å². The predicted molar refractivity (Wildman–Crippen MR) is 348 cm³/mol. The van der Waals surface area contributed by atoms with E-state index in [1.165, 1.54) is 83.5 Å². The normalized spacial score (nSPS) is 13.3. The van der Waals surface area contributed by atoms with E-state index in [4.69, 9.17) is 14.2 Å². The van der Waals surface area contributed by atoms with Gasteiger partial charge >= 0.3 is 17.9 Å². The van der Waals surface area contributed by atoms with Crippen LogP contribution in [0.4, 0.5) is 0 Å². The van der Waals surface area contributed by atoms with Gasteiger partial charge in [-0.15, -0.1) is 0 Å². The Morgan fingerprint density at radius 2 is 0.512 bits per heavy atom. The first-order valence-corrected chi connectivity index (χ1v) is 32.1. The van der Waals surface area contributed by atoms with Crippen LogP contribution in [0.15, 0.2) is 170 Å². The molecule has 0 radical (unpaired) electrons. The van der Waals surface area contributed by atoms with Crippen molar-refractivity contribution < 1.29 is 28.6 Å². The molecule has 0 amide bonds. The molecule has 0 aromatic heterocycles. The van der Waals surface area contributed by atoms with E-state index < -0.39 is 6.10 Å². The molecule has 0 spiro atoms. The maximum Gasteiger partial charge on any atom is 0.306 e. The first-order valence-electron chi connectivity index (χ1n) is 32.1. The predicted octanol–water partition coefficient (Wildman–Crippen LogP) is 22.3. The van der Waals surface area contributed by atoms with Crippen molar-refractivity contribution in [1.82, 2.24) is 0 Å². The van der Waals surface area contributed by atoms with Gasteiger partial charge in [0, 0.05) is 19.3 Å². The number of carbonyl (C=O) groups excluding carboxylic acids is 3. The van der Waals surface area contributed by atoms with Crippen LogP contribution in [0.3, 0.4) is 0 Å². The van der Waals surface area contributed by atoms with E-state index in [0.717, 1.165) is 122 Å². The Hall–Kier alpha value is -5.23. The summed E-state index contributed by atoms with van der Waals surface area (Å²) in [5.74, 6) is -1.05. The molecule has 0 bridgehead atoms. The molecule has 0 saturated heterocycles. The van der Waals surface area contributed by atoms with E-state index in [0.29, 0.717) is 19.3 Å². The van der Waals surface area contributed by atoms with Gasteiger partial charge in [-0.1, -0.05) is 287 Å². The van der Waals surface area contributed by atoms with Crippen molar-refractivity contribution in [1.29, 1.82) is 0 Å². The molecule has 0 N–H and O–H groups in total. The van der Waals surface area contributed by atoms with Crippen LogP contribution in [0.1, 0.15) is 258 Å². The molecule has 0 rings (SSSR count). The molecule has 0 heterocycles. The summed E-state index contributed by atoms with van der Waals surface area (Å²) in [6.45, 7) is 6.31. The molecular formula is C74H116O6. The third kappa shape index (κ3) is 63.6. The molecule has 0 aromatic carbocycles. The average molecular weight is 1100 g/mol. The Kier molecular flexibility index (Phi) is 61.9. The molecule has 6 heteroatoms. The van der Waals surface area contributed by atoms with Crippen molar-refractivity contribution in [3.05, 3.63) is 170 Å². The second-order valence-electron chi connectivity index (χ2n) is 20.6. The minimum Gasteiger partial charge on any atom is -0.462 e. The second-order valence-corrected chi connectivity index (χ2v) is 20.6. The Morgan fingerprint density at radius 3 is 0.838 bits per heavy atom. The Morgan fingerprint density at radius 1 is 0.263 bits per heavy atom. The molecule has 1 atom stereocenters. The number of allylic oxidation sites excluding steroid dienone is 28. The molecule has 1 unspecified atom stereocenters. The summed E-state index contributed by atoms with van der Waals surface area (Å²) in [5.41, 5.74) is 0. The highest BCUT2D eigenvalue weighted by atomic mass is 16.6. The summed E-state index contributed by atoms with van der Waals surface area (Å²) in [6, 6.07) is 0. The van der Waals surface area contributed by atoms with Gasteiger partial charge in [-0.05, 0) is 122 Å². The fourth-order valence-corrected chi connectivity index (χ4v) is 8.25. The van der Waals surface area contributed by atoms with Crippen molar-refractivity contribution in [3.8, 4) is 0 Å². The topological polar surface area (TPSA) is 78.9 Å². The molecule has 448 valence electrons. The van der Waals surface area contributed by atoms with Gasteiger partial charge in [0.25, 0.3) is 0 Å². The second kappa shape index (κ2) is 66.3. The van der Waals surface area contributed by atoms with Crippen LogP contribution in [0.25, 0.3) is 0 Å². The van der Waals surface area contributed by atoms with Gasteiger partial charge in [0.1, 0.15) is 13.2 Å².